The van der Waals surface area contributed by atoms with Crippen molar-refractivity contribution in [1.29, 1.82) is 0 Å². The minimum atomic E-state index is -3.62. The molecule has 0 saturated heterocycles. The van der Waals surface area contributed by atoms with E-state index >= 15 is 0 Å². The zero-order valence-electron chi connectivity index (χ0n) is 17.6. The maximum absolute atomic E-state index is 12.8. The Hall–Kier alpha value is -1.17. The third kappa shape index (κ3) is 8.61. The molecular formula is C20H31IN4O2S2. The van der Waals surface area contributed by atoms with Crippen LogP contribution in [0, 0.1) is 6.92 Å². The number of aliphatic imine (C=N–C) groups is 1. The van der Waals surface area contributed by atoms with Crippen LogP contribution in [0.4, 0.5) is 0 Å². The van der Waals surface area contributed by atoms with Crippen LogP contribution < -0.4 is 15.4 Å². The van der Waals surface area contributed by atoms with Crippen LogP contribution in [0.15, 0.2) is 46.3 Å². The molecule has 0 fully saturated rings. The van der Waals surface area contributed by atoms with Gasteiger partial charge in [0, 0.05) is 21.8 Å². The predicted octanol–water partition coefficient (Wildman–Crippen LogP) is 4.01. The Morgan fingerprint density at radius 3 is 2.38 bits per heavy atom. The van der Waals surface area contributed by atoms with Crippen molar-refractivity contribution in [2.24, 2.45) is 4.99 Å². The molecule has 0 bridgehead atoms. The number of nitrogens with zero attached hydrogens (tertiary/aromatic N) is 1. The summed E-state index contributed by atoms with van der Waals surface area (Å²) in [6.07, 6.45) is 0. The summed E-state index contributed by atoms with van der Waals surface area (Å²) >= 11 is 1.74. The Morgan fingerprint density at radius 1 is 1.10 bits per heavy atom. The summed E-state index contributed by atoms with van der Waals surface area (Å²) in [5, 5.41) is 6.51. The van der Waals surface area contributed by atoms with E-state index in [1.807, 2.05) is 33.8 Å². The van der Waals surface area contributed by atoms with E-state index in [4.69, 9.17) is 0 Å². The van der Waals surface area contributed by atoms with Gasteiger partial charge in [0.2, 0.25) is 10.0 Å². The molecule has 2 rings (SSSR count). The maximum atomic E-state index is 12.8. The quantitative estimate of drug-likeness (QED) is 0.277. The molecule has 9 heteroatoms. The van der Waals surface area contributed by atoms with Gasteiger partial charge in [0.25, 0.3) is 0 Å². The van der Waals surface area contributed by atoms with Gasteiger partial charge in [0.05, 0.1) is 18.0 Å². The number of nitrogens with one attached hydrogen (secondary N) is 3. The summed E-state index contributed by atoms with van der Waals surface area (Å²) in [5.41, 5.74) is 0.105. The standard InChI is InChI=1S/C20H30N4O2S2.HI/c1-6-21-19(23-14-17-12-11-15(2)27-17)22-13-16-9-7-8-10-18(16)28(25,26)24-20(3,4)5;/h7-12,24H,6,13-14H2,1-5H3,(H2,21,22,23);1H. The molecule has 0 saturated carbocycles. The van der Waals surface area contributed by atoms with E-state index in [9.17, 15) is 8.42 Å². The highest BCUT2D eigenvalue weighted by atomic mass is 127. The fourth-order valence-corrected chi connectivity index (χ4v) is 5.09. The lowest BCUT2D eigenvalue weighted by Gasteiger charge is -2.21. The van der Waals surface area contributed by atoms with Crippen LogP contribution in [0.5, 0.6) is 0 Å². The molecule has 1 aromatic heterocycles. The topological polar surface area (TPSA) is 82.6 Å². The van der Waals surface area contributed by atoms with E-state index in [0.717, 1.165) is 6.54 Å². The van der Waals surface area contributed by atoms with Crippen molar-refractivity contribution in [2.45, 2.75) is 58.1 Å². The van der Waals surface area contributed by atoms with Gasteiger partial charge in [-0.3, -0.25) is 0 Å². The Bertz CT molecular complexity index is 919. The van der Waals surface area contributed by atoms with E-state index in [1.54, 1.807) is 29.5 Å². The van der Waals surface area contributed by atoms with Gasteiger partial charge >= 0.3 is 0 Å². The summed E-state index contributed by atoms with van der Waals surface area (Å²) in [6.45, 7) is 11.2. The summed E-state index contributed by atoms with van der Waals surface area (Å²) in [4.78, 5) is 7.34. The molecule has 0 aliphatic carbocycles. The van der Waals surface area contributed by atoms with Crippen molar-refractivity contribution in [2.75, 3.05) is 6.54 Å². The Morgan fingerprint density at radius 2 is 1.79 bits per heavy atom. The van der Waals surface area contributed by atoms with Gasteiger partial charge in [-0.15, -0.1) is 35.3 Å². The third-order valence-corrected chi connectivity index (χ3v) is 6.54. The molecule has 3 N–H and O–H groups in total. The molecule has 0 spiro atoms. The molecule has 1 aromatic carbocycles. The lowest BCUT2D eigenvalue weighted by atomic mass is 10.1. The number of thiophene rings is 1. The summed E-state index contributed by atoms with van der Waals surface area (Å²) in [6, 6.07) is 11.2. The van der Waals surface area contributed by atoms with Gasteiger partial charge in [0.15, 0.2) is 5.96 Å². The summed E-state index contributed by atoms with van der Waals surface area (Å²) in [5.74, 6) is 0.657. The first-order valence-electron chi connectivity index (χ1n) is 9.30. The van der Waals surface area contributed by atoms with Crippen molar-refractivity contribution in [3.63, 3.8) is 0 Å². The van der Waals surface area contributed by atoms with Crippen molar-refractivity contribution in [3.05, 3.63) is 51.7 Å². The van der Waals surface area contributed by atoms with Crippen molar-refractivity contribution >= 4 is 51.3 Å². The largest absolute Gasteiger partial charge is 0.357 e. The fourth-order valence-electron chi connectivity index (χ4n) is 2.61. The molecule has 0 atom stereocenters. The Kier molecular flexibility index (Phi) is 10.1. The smallest absolute Gasteiger partial charge is 0.241 e. The lowest BCUT2D eigenvalue weighted by Crippen LogP contribution is -2.40. The average Bonchev–Trinajstić information content (AvgIpc) is 3.01. The van der Waals surface area contributed by atoms with E-state index in [2.05, 4.69) is 39.4 Å². The van der Waals surface area contributed by atoms with Crippen LogP contribution in [-0.4, -0.2) is 26.5 Å². The highest BCUT2D eigenvalue weighted by Crippen LogP contribution is 2.19. The van der Waals surface area contributed by atoms with Gasteiger partial charge in [-0.05, 0) is 58.4 Å². The van der Waals surface area contributed by atoms with Crippen molar-refractivity contribution in [1.82, 2.24) is 15.4 Å². The molecule has 29 heavy (non-hydrogen) atoms. The zero-order chi connectivity index (χ0) is 20.8. The van der Waals surface area contributed by atoms with Crippen LogP contribution in [0.1, 0.15) is 43.0 Å². The van der Waals surface area contributed by atoms with E-state index in [-0.39, 0.29) is 35.4 Å². The minimum absolute atomic E-state index is 0. The third-order valence-electron chi connectivity index (χ3n) is 3.68. The van der Waals surface area contributed by atoms with Gasteiger partial charge in [-0.1, -0.05) is 18.2 Å². The second-order valence-electron chi connectivity index (χ2n) is 7.52. The van der Waals surface area contributed by atoms with Crippen LogP contribution in [0.2, 0.25) is 0 Å². The van der Waals surface area contributed by atoms with Gasteiger partial charge < -0.3 is 10.6 Å². The van der Waals surface area contributed by atoms with E-state index < -0.39 is 15.6 Å². The molecule has 0 amide bonds. The SMILES string of the molecule is CCNC(=NCc1ccccc1S(=O)(=O)NC(C)(C)C)NCc1ccc(C)s1.I. The molecule has 1 heterocycles. The fraction of sp³-hybridized carbons (Fsp3) is 0.450. The Balaban J connectivity index is 0.00000420. The predicted molar refractivity (Wildman–Crippen MR) is 133 cm³/mol. The molecule has 0 unspecified atom stereocenters. The molecule has 162 valence electrons. The zero-order valence-corrected chi connectivity index (χ0v) is 21.5. The maximum Gasteiger partial charge on any atom is 0.241 e. The first-order valence-corrected chi connectivity index (χ1v) is 11.6. The second-order valence-corrected chi connectivity index (χ2v) is 10.5. The molecule has 2 aromatic rings. The van der Waals surface area contributed by atoms with Crippen LogP contribution in [0.25, 0.3) is 0 Å². The molecule has 0 aliphatic heterocycles. The number of hydrogen-bond donors (Lipinski definition) is 3. The number of guanidine groups is 1. The number of benzene rings is 1. The number of hydrogen-bond acceptors (Lipinski definition) is 4. The first kappa shape index (κ1) is 25.9. The van der Waals surface area contributed by atoms with Gasteiger partial charge in [-0.25, -0.2) is 18.1 Å². The van der Waals surface area contributed by atoms with Crippen LogP contribution in [0.3, 0.4) is 0 Å². The highest BCUT2D eigenvalue weighted by molar-refractivity contribution is 14.0. The van der Waals surface area contributed by atoms with Crippen molar-refractivity contribution in [3.8, 4) is 0 Å². The number of aryl methyl sites for hydroxylation is 1. The number of sulfonamides is 1. The second kappa shape index (κ2) is 11.3. The molecule has 0 radical (unpaired) electrons. The monoisotopic (exact) mass is 550 g/mol. The minimum Gasteiger partial charge on any atom is -0.357 e. The lowest BCUT2D eigenvalue weighted by molar-refractivity contribution is 0.491. The number of rotatable bonds is 7. The van der Waals surface area contributed by atoms with Gasteiger partial charge in [-0.2, -0.15) is 0 Å². The van der Waals surface area contributed by atoms with Crippen molar-refractivity contribution < 1.29 is 8.42 Å². The van der Waals surface area contributed by atoms with Crippen LogP contribution >= 0.6 is 35.3 Å². The first-order chi connectivity index (χ1) is 13.1. The van der Waals surface area contributed by atoms with E-state index in [0.29, 0.717) is 18.1 Å². The summed E-state index contributed by atoms with van der Waals surface area (Å²) < 4.78 is 28.2. The molecule has 6 nitrogen and oxygen atoms in total. The van der Waals surface area contributed by atoms with E-state index in [1.165, 1.54) is 9.75 Å². The Labute approximate surface area is 195 Å². The summed E-state index contributed by atoms with van der Waals surface area (Å²) in [7, 11) is -3.62. The molecule has 0 aliphatic rings. The highest BCUT2D eigenvalue weighted by Gasteiger charge is 2.24. The molecular weight excluding hydrogens is 519 g/mol. The van der Waals surface area contributed by atoms with Crippen LogP contribution in [-0.2, 0) is 23.1 Å². The van der Waals surface area contributed by atoms with Gasteiger partial charge in [0.1, 0.15) is 0 Å². The number of halogens is 1. The normalized spacial score (nSPS) is 12.4. The average molecular weight is 551 g/mol.